The number of aliphatic hydroxyl groups excluding tert-OH is 1. The summed E-state index contributed by atoms with van der Waals surface area (Å²) in [7, 11) is 1.64. The van der Waals surface area contributed by atoms with E-state index in [2.05, 4.69) is 15.9 Å². The van der Waals surface area contributed by atoms with E-state index < -0.39 is 0 Å². The molecule has 0 spiro atoms. The zero-order valence-electron chi connectivity index (χ0n) is 7.80. The fraction of sp³-hybridized carbons (Fsp3) is 0.400. The first-order chi connectivity index (χ1) is 6.20. The van der Waals surface area contributed by atoms with Crippen molar-refractivity contribution in [3.63, 3.8) is 0 Å². The maximum Gasteiger partial charge on any atom is 0.133 e. The van der Waals surface area contributed by atoms with Crippen molar-refractivity contribution < 1.29 is 9.84 Å². The molecule has 0 atom stereocenters. The fourth-order valence-electron chi connectivity index (χ4n) is 1.27. The molecular formula is C10H13BrO2. The molecule has 3 heteroatoms. The van der Waals surface area contributed by atoms with Crippen molar-refractivity contribution in [3.8, 4) is 5.75 Å². The molecule has 72 valence electrons. The number of hydrogen-bond acceptors (Lipinski definition) is 2. The molecular weight excluding hydrogens is 232 g/mol. The lowest BCUT2D eigenvalue weighted by Gasteiger charge is -2.10. The molecule has 0 fully saturated rings. The Bertz CT molecular complexity index is 297. The first kappa shape index (κ1) is 10.5. The minimum Gasteiger partial charge on any atom is -0.496 e. The Morgan fingerprint density at radius 3 is 2.69 bits per heavy atom. The average Bonchev–Trinajstić information content (AvgIpc) is 2.12. The second-order valence-electron chi connectivity index (χ2n) is 2.85. The molecule has 0 aliphatic carbocycles. The molecule has 0 unspecified atom stereocenters. The van der Waals surface area contributed by atoms with Crippen molar-refractivity contribution >= 4 is 15.9 Å². The van der Waals surface area contributed by atoms with Gasteiger partial charge < -0.3 is 9.84 Å². The highest BCUT2D eigenvalue weighted by Crippen LogP contribution is 2.30. The zero-order chi connectivity index (χ0) is 9.84. The second kappa shape index (κ2) is 4.63. The van der Waals surface area contributed by atoms with Crippen LogP contribution in [-0.2, 0) is 6.42 Å². The van der Waals surface area contributed by atoms with Crippen LogP contribution in [0.4, 0.5) is 0 Å². The first-order valence-corrected chi connectivity index (χ1v) is 4.92. The van der Waals surface area contributed by atoms with E-state index in [1.807, 2.05) is 19.1 Å². The van der Waals surface area contributed by atoms with Gasteiger partial charge in [-0.2, -0.15) is 0 Å². The van der Waals surface area contributed by atoms with Crippen molar-refractivity contribution in [3.05, 3.63) is 27.7 Å². The lowest BCUT2D eigenvalue weighted by atomic mass is 10.1. The monoisotopic (exact) mass is 244 g/mol. The van der Waals surface area contributed by atoms with Crippen LogP contribution in [0.5, 0.6) is 5.75 Å². The molecule has 0 aromatic heterocycles. The largest absolute Gasteiger partial charge is 0.496 e. The molecule has 0 amide bonds. The van der Waals surface area contributed by atoms with Gasteiger partial charge in [-0.1, -0.05) is 6.07 Å². The highest BCUT2D eigenvalue weighted by atomic mass is 79.9. The molecule has 2 nitrogen and oxygen atoms in total. The quantitative estimate of drug-likeness (QED) is 0.885. The number of hydrogen-bond donors (Lipinski definition) is 1. The SMILES string of the molecule is COc1ccc(C)c(CCO)c1Br. The van der Waals surface area contributed by atoms with E-state index in [0.717, 1.165) is 15.8 Å². The molecule has 13 heavy (non-hydrogen) atoms. The van der Waals surface area contributed by atoms with Gasteiger partial charge in [-0.05, 0) is 46.5 Å². The van der Waals surface area contributed by atoms with Gasteiger partial charge in [-0.15, -0.1) is 0 Å². The number of benzene rings is 1. The molecule has 0 saturated heterocycles. The topological polar surface area (TPSA) is 29.5 Å². The van der Waals surface area contributed by atoms with Crippen molar-refractivity contribution in [2.75, 3.05) is 13.7 Å². The van der Waals surface area contributed by atoms with Crippen molar-refractivity contribution in [2.24, 2.45) is 0 Å². The summed E-state index contributed by atoms with van der Waals surface area (Å²) < 4.78 is 6.11. The van der Waals surface area contributed by atoms with Crippen molar-refractivity contribution in [1.29, 1.82) is 0 Å². The fourth-order valence-corrected chi connectivity index (χ4v) is 2.08. The number of rotatable bonds is 3. The third-order valence-corrected chi connectivity index (χ3v) is 2.89. The summed E-state index contributed by atoms with van der Waals surface area (Å²) >= 11 is 3.46. The lowest BCUT2D eigenvalue weighted by Crippen LogP contribution is -1.97. The molecule has 0 bridgehead atoms. The summed E-state index contributed by atoms with van der Waals surface area (Å²) in [6, 6.07) is 3.91. The van der Waals surface area contributed by atoms with Crippen LogP contribution in [0.1, 0.15) is 11.1 Å². The Morgan fingerprint density at radius 1 is 1.46 bits per heavy atom. The van der Waals surface area contributed by atoms with Crippen LogP contribution in [0.3, 0.4) is 0 Å². The third kappa shape index (κ3) is 2.23. The van der Waals surface area contributed by atoms with E-state index in [4.69, 9.17) is 9.84 Å². The zero-order valence-corrected chi connectivity index (χ0v) is 9.39. The van der Waals surface area contributed by atoms with Gasteiger partial charge in [0, 0.05) is 6.61 Å². The van der Waals surface area contributed by atoms with Crippen LogP contribution < -0.4 is 4.74 Å². The second-order valence-corrected chi connectivity index (χ2v) is 3.64. The molecule has 0 heterocycles. The van der Waals surface area contributed by atoms with Gasteiger partial charge in [-0.25, -0.2) is 0 Å². The highest BCUT2D eigenvalue weighted by Gasteiger charge is 2.08. The van der Waals surface area contributed by atoms with Crippen LogP contribution in [0.25, 0.3) is 0 Å². The molecule has 0 aliphatic heterocycles. The summed E-state index contributed by atoms with van der Waals surface area (Å²) in [5, 5.41) is 8.87. The van der Waals surface area contributed by atoms with Gasteiger partial charge in [0.15, 0.2) is 0 Å². The molecule has 0 aliphatic rings. The van der Waals surface area contributed by atoms with Gasteiger partial charge in [0.05, 0.1) is 11.6 Å². The maximum absolute atomic E-state index is 8.87. The number of aliphatic hydroxyl groups is 1. The van der Waals surface area contributed by atoms with Crippen LogP contribution in [0, 0.1) is 6.92 Å². The predicted molar refractivity (Wildman–Crippen MR) is 56.2 cm³/mol. The molecule has 1 aromatic rings. The Morgan fingerprint density at radius 2 is 2.15 bits per heavy atom. The first-order valence-electron chi connectivity index (χ1n) is 4.13. The Kier molecular flexibility index (Phi) is 3.75. The van der Waals surface area contributed by atoms with Gasteiger partial charge in [0.2, 0.25) is 0 Å². The van der Waals surface area contributed by atoms with Crippen LogP contribution in [0.15, 0.2) is 16.6 Å². The molecule has 0 radical (unpaired) electrons. The summed E-state index contributed by atoms with van der Waals surface area (Å²) in [6.07, 6.45) is 0.656. The molecule has 0 saturated carbocycles. The van der Waals surface area contributed by atoms with E-state index in [0.29, 0.717) is 6.42 Å². The smallest absolute Gasteiger partial charge is 0.133 e. The highest BCUT2D eigenvalue weighted by molar-refractivity contribution is 9.10. The normalized spacial score (nSPS) is 10.2. The average molecular weight is 245 g/mol. The van der Waals surface area contributed by atoms with E-state index in [1.165, 1.54) is 5.56 Å². The van der Waals surface area contributed by atoms with E-state index in [1.54, 1.807) is 7.11 Å². The molecule has 1 rings (SSSR count). The lowest BCUT2D eigenvalue weighted by molar-refractivity contribution is 0.299. The maximum atomic E-state index is 8.87. The number of ether oxygens (including phenoxy) is 1. The Hall–Kier alpha value is -0.540. The van der Waals surface area contributed by atoms with Gasteiger partial charge >= 0.3 is 0 Å². The van der Waals surface area contributed by atoms with Crippen molar-refractivity contribution in [2.45, 2.75) is 13.3 Å². The Labute approximate surface area is 86.7 Å². The standard InChI is InChI=1S/C10H13BrO2/c1-7-3-4-9(13-2)10(11)8(7)5-6-12/h3-4,12H,5-6H2,1-2H3. The third-order valence-electron chi connectivity index (χ3n) is 2.02. The minimum absolute atomic E-state index is 0.159. The summed E-state index contributed by atoms with van der Waals surface area (Å²) in [4.78, 5) is 0. The number of methoxy groups -OCH3 is 1. The summed E-state index contributed by atoms with van der Waals surface area (Å²) in [6.45, 7) is 2.18. The van der Waals surface area contributed by atoms with E-state index >= 15 is 0 Å². The van der Waals surface area contributed by atoms with E-state index in [-0.39, 0.29) is 6.61 Å². The van der Waals surface area contributed by atoms with Crippen LogP contribution in [-0.4, -0.2) is 18.8 Å². The van der Waals surface area contributed by atoms with Crippen molar-refractivity contribution in [1.82, 2.24) is 0 Å². The van der Waals surface area contributed by atoms with Crippen LogP contribution >= 0.6 is 15.9 Å². The van der Waals surface area contributed by atoms with Gasteiger partial charge in [-0.3, -0.25) is 0 Å². The van der Waals surface area contributed by atoms with Gasteiger partial charge in [0.1, 0.15) is 5.75 Å². The Balaban J connectivity index is 3.13. The number of halogens is 1. The van der Waals surface area contributed by atoms with Gasteiger partial charge in [0.25, 0.3) is 0 Å². The summed E-state index contributed by atoms with van der Waals surface area (Å²) in [5.74, 6) is 0.814. The predicted octanol–water partition coefficient (Wildman–Crippen LogP) is 2.30. The summed E-state index contributed by atoms with van der Waals surface area (Å²) in [5.41, 5.74) is 2.28. The van der Waals surface area contributed by atoms with E-state index in [9.17, 15) is 0 Å². The minimum atomic E-state index is 0.159. The van der Waals surface area contributed by atoms with Crippen LogP contribution in [0.2, 0.25) is 0 Å². The molecule has 1 N–H and O–H groups in total. The molecule has 1 aromatic carbocycles. The number of aryl methyl sites for hydroxylation is 1.